The number of alkyl carbamates (subject to hydrolysis) is 1. The number of carbonyl (C=O) groups is 3. The topological polar surface area (TPSA) is 105 Å². The molecule has 10 heteroatoms. The summed E-state index contributed by atoms with van der Waals surface area (Å²) in [6.07, 6.45) is -7.31. The van der Waals surface area contributed by atoms with Gasteiger partial charge in [-0.05, 0) is 28.7 Å². The Balaban J connectivity index is 1.56. The van der Waals surface area contributed by atoms with Crippen molar-refractivity contribution in [3.63, 3.8) is 0 Å². The molecular formula is C24H25F3N2O5. The summed E-state index contributed by atoms with van der Waals surface area (Å²) in [6.45, 7) is 1.74. The van der Waals surface area contributed by atoms with Crippen LogP contribution in [0, 0.1) is 0 Å². The van der Waals surface area contributed by atoms with Crippen molar-refractivity contribution in [1.29, 1.82) is 0 Å². The van der Waals surface area contributed by atoms with Crippen molar-refractivity contribution in [2.24, 2.45) is 0 Å². The van der Waals surface area contributed by atoms with Crippen molar-refractivity contribution in [3.8, 4) is 11.1 Å². The molecule has 182 valence electrons. The maximum atomic E-state index is 12.5. The van der Waals surface area contributed by atoms with E-state index in [-0.39, 0.29) is 25.4 Å². The fourth-order valence-electron chi connectivity index (χ4n) is 4.01. The third kappa shape index (κ3) is 6.27. The molecule has 2 amide bonds. The summed E-state index contributed by atoms with van der Waals surface area (Å²) in [4.78, 5) is 35.5. The van der Waals surface area contributed by atoms with E-state index in [2.05, 4.69) is 5.32 Å². The quantitative estimate of drug-likeness (QED) is 0.501. The number of ether oxygens (including phenoxy) is 1. The molecule has 0 spiro atoms. The molecule has 1 aliphatic carbocycles. The van der Waals surface area contributed by atoms with Crippen LogP contribution in [0.3, 0.4) is 0 Å². The van der Waals surface area contributed by atoms with Crippen molar-refractivity contribution in [2.75, 3.05) is 6.61 Å². The van der Waals surface area contributed by atoms with Gasteiger partial charge in [0.25, 0.3) is 0 Å². The minimum Gasteiger partial charge on any atom is -0.480 e. The van der Waals surface area contributed by atoms with Gasteiger partial charge < -0.3 is 20.5 Å². The lowest BCUT2D eigenvalue weighted by Gasteiger charge is -2.20. The van der Waals surface area contributed by atoms with E-state index in [4.69, 9.17) is 9.84 Å². The third-order valence-corrected chi connectivity index (χ3v) is 5.66. The van der Waals surface area contributed by atoms with Crippen LogP contribution in [0.2, 0.25) is 0 Å². The van der Waals surface area contributed by atoms with Crippen molar-refractivity contribution in [2.45, 2.75) is 50.4 Å². The van der Waals surface area contributed by atoms with Gasteiger partial charge in [-0.3, -0.25) is 4.79 Å². The zero-order valence-electron chi connectivity index (χ0n) is 18.4. The first-order valence-corrected chi connectivity index (χ1v) is 10.8. The minimum absolute atomic E-state index is 0.0646. The lowest BCUT2D eigenvalue weighted by Crippen LogP contribution is -2.46. The van der Waals surface area contributed by atoms with Gasteiger partial charge in [0, 0.05) is 18.4 Å². The first-order chi connectivity index (χ1) is 16.1. The summed E-state index contributed by atoms with van der Waals surface area (Å²) in [5, 5.41) is 13.3. The highest BCUT2D eigenvalue weighted by molar-refractivity contribution is 5.84. The van der Waals surface area contributed by atoms with Gasteiger partial charge in [0.05, 0.1) is 6.42 Å². The normalized spacial score (nSPS) is 14.5. The van der Waals surface area contributed by atoms with E-state index >= 15 is 0 Å². The van der Waals surface area contributed by atoms with E-state index in [1.807, 2.05) is 53.8 Å². The van der Waals surface area contributed by atoms with Crippen molar-refractivity contribution >= 4 is 18.0 Å². The molecular weight excluding hydrogens is 453 g/mol. The molecule has 0 radical (unpaired) electrons. The van der Waals surface area contributed by atoms with Gasteiger partial charge in [-0.25, -0.2) is 9.59 Å². The number of benzene rings is 2. The van der Waals surface area contributed by atoms with Gasteiger partial charge in [0.2, 0.25) is 5.91 Å². The lowest BCUT2D eigenvalue weighted by atomic mass is 9.98. The number of carboxylic acids is 1. The van der Waals surface area contributed by atoms with E-state index in [9.17, 15) is 27.6 Å². The monoisotopic (exact) mass is 478 g/mol. The van der Waals surface area contributed by atoms with Gasteiger partial charge in [-0.15, -0.1) is 0 Å². The molecule has 0 saturated heterocycles. The van der Waals surface area contributed by atoms with Crippen molar-refractivity contribution < 1.29 is 37.4 Å². The molecule has 0 aliphatic heterocycles. The summed E-state index contributed by atoms with van der Waals surface area (Å²) in [5.74, 6) is -2.86. The fraction of sp³-hybridized carbons (Fsp3) is 0.375. The van der Waals surface area contributed by atoms with Crippen LogP contribution in [0.1, 0.15) is 43.2 Å². The highest BCUT2D eigenvalue weighted by atomic mass is 19.4. The summed E-state index contributed by atoms with van der Waals surface area (Å²) >= 11 is 0. The van der Waals surface area contributed by atoms with Crippen LogP contribution in [-0.4, -0.2) is 47.9 Å². The highest BCUT2D eigenvalue weighted by Gasteiger charge is 2.36. The molecule has 3 N–H and O–H groups in total. The number of carbonyl (C=O) groups excluding carboxylic acids is 2. The number of alkyl halides is 3. The average Bonchev–Trinajstić information content (AvgIpc) is 3.09. The number of fused-ring (bicyclic) bond motifs is 3. The summed E-state index contributed by atoms with van der Waals surface area (Å²) in [5.41, 5.74) is 4.21. The van der Waals surface area contributed by atoms with E-state index in [0.29, 0.717) is 0 Å². The van der Waals surface area contributed by atoms with E-state index in [1.54, 1.807) is 6.92 Å². The molecule has 7 nitrogen and oxygen atoms in total. The van der Waals surface area contributed by atoms with Gasteiger partial charge in [-0.1, -0.05) is 55.5 Å². The Bertz CT molecular complexity index is 1010. The Labute approximate surface area is 194 Å². The predicted octanol–water partition coefficient (Wildman–Crippen LogP) is 4.22. The van der Waals surface area contributed by atoms with Crippen LogP contribution in [0.15, 0.2) is 48.5 Å². The third-order valence-electron chi connectivity index (χ3n) is 5.66. The first kappa shape index (κ1) is 25.1. The van der Waals surface area contributed by atoms with Gasteiger partial charge in [-0.2, -0.15) is 13.2 Å². The maximum Gasteiger partial charge on any atom is 0.407 e. The van der Waals surface area contributed by atoms with E-state index in [0.717, 1.165) is 22.3 Å². The van der Waals surface area contributed by atoms with Crippen LogP contribution in [0.25, 0.3) is 11.1 Å². The Hall–Kier alpha value is -3.56. The molecule has 34 heavy (non-hydrogen) atoms. The van der Waals surface area contributed by atoms with Crippen LogP contribution in [-0.2, 0) is 14.3 Å². The van der Waals surface area contributed by atoms with E-state index in [1.165, 1.54) is 0 Å². The second kappa shape index (κ2) is 10.6. The molecule has 2 atom stereocenters. The molecule has 3 rings (SSSR count). The number of aliphatic carboxylic acids is 1. The minimum atomic E-state index is -4.75. The van der Waals surface area contributed by atoms with E-state index < -0.39 is 42.7 Å². The molecule has 0 saturated carbocycles. The summed E-state index contributed by atoms with van der Waals surface area (Å²) in [7, 11) is 0. The second-order valence-corrected chi connectivity index (χ2v) is 8.06. The standard InChI is InChI=1S/C24H25F3N2O5/c1-2-14(11-21(30)29-20(22(31)32)12-24(25,26)27)28-23(33)34-13-19-17-9-5-3-7-15(17)16-8-4-6-10-18(16)19/h3-10,14,19-20H,2,11-13H2,1H3,(H,28,33)(H,29,30)(H,31,32)/t14-,20?/m0/s1. The molecule has 2 aromatic rings. The molecule has 2 aromatic carbocycles. The molecule has 0 heterocycles. The Kier molecular flexibility index (Phi) is 7.80. The Morgan fingerprint density at radius 2 is 1.56 bits per heavy atom. The molecule has 1 aliphatic rings. The zero-order chi connectivity index (χ0) is 24.9. The first-order valence-electron chi connectivity index (χ1n) is 10.8. The number of hydrogen-bond donors (Lipinski definition) is 3. The van der Waals surface area contributed by atoms with Crippen LogP contribution < -0.4 is 10.6 Å². The Morgan fingerprint density at radius 1 is 1.00 bits per heavy atom. The average molecular weight is 478 g/mol. The van der Waals surface area contributed by atoms with Crippen molar-refractivity contribution in [1.82, 2.24) is 10.6 Å². The Morgan fingerprint density at radius 3 is 2.06 bits per heavy atom. The number of halogens is 3. The second-order valence-electron chi connectivity index (χ2n) is 8.06. The van der Waals surface area contributed by atoms with Crippen LogP contribution >= 0.6 is 0 Å². The smallest absolute Gasteiger partial charge is 0.407 e. The fourth-order valence-corrected chi connectivity index (χ4v) is 4.01. The van der Waals surface area contributed by atoms with Gasteiger partial charge in [0.1, 0.15) is 12.6 Å². The van der Waals surface area contributed by atoms with Gasteiger partial charge in [0.15, 0.2) is 0 Å². The van der Waals surface area contributed by atoms with Crippen LogP contribution in [0.5, 0.6) is 0 Å². The summed E-state index contributed by atoms with van der Waals surface area (Å²) in [6, 6.07) is 12.8. The van der Waals surface area contributed by atoms with Crippen molar-refractivity contribution in [3.05, 3.63) is 59.7 Å². The SMILES string of the molecule is CC[C@@H](CC(=O)NC(CC(F)(F)F)C(=O)O)NC(=O)OCC1c2ccccc2-c2ccccc21. The molecule has 1 unspecified atom stereocenters. The number of hydrogen-bond acceptors (Lipinski definition) is 4. The number of nitrogens with one attached hydrogen (secondary N) is 2. The molecule has 0 aromatic heterocycles. The lowest BCUT2D eigenvalue weighted by molar-refractivity contribution is -0.160. The zero-order valence-corrected chi connectivity index (χ0v) is 18.4. The molecule has 0 bridgehead atoms. The highest BCUT2D eigenvalue weighted by Crippen LogP contribution is 2.44. The number of rotatable bonds is 9. The van der Waals surface area contributed by atoms with Gasteiger partial charge >= 0.3 is 18.2 Å². The summed E-state index contributed by atoms with van der Waals surface area (Å²) < 4.78 is 43.0. The molecule has 0 fully saturated rings. The maximum absolute atomic E-state index is 12.5. The number of carboxylic acid groups (broad SMARTS) is 1. The number of amides is 2. The van der Waals surface area contributed by atoms with Crippen LogP contribution in [0.4, 0.5) is 18.0 Å². The predicted molar refractivity (Wildman–Crippen MR) is 117 cm³/mol. The largest absolute Gasteiger partial charge is 0.480 e.